The Kier molecular flexibility index (Phi) is 4.53. The summed E-state index contributed by atoms with van der Waals surface area (Å²) in [6.45, 7) is 0. The van der Waals surface area contributed by atoms with E-state index < -0.39 is 0 Å². The van der Waals surface area contributed by atoms with Crippen molar-refractivity contribution in [2.24, 2.45) is 0 Å². The summed E-state index contributed by atoms with van der Waals surface area (Å²) < 4.78 is 0. The number of halogens is 2. The zero-order valence-corrected chi connectivity index (χ0v) is 12.2. The summed E-state index contributed by atoms with van der Waals surface area (Å²) in [5, 5.41) is 1.49. The summed E-state index contributed by atoms with van der Waals surface area (Å²) in [5.41, 5.74) is 2.65. The maximum absolute atomic E-state index is 5.89. The van der Waals surface area contributed by atoms with Crippen molar-refractivity contribution < 1.29 is 0 Å². The predicted octanol–water partition coefficient (Wildman–Crippen LogP) is 5.22. The van der Waals surface area contributed by atoms with E-state index in [1.165, 1.54) is 11.1 Å². The van der Waals surface area contributed by atoms with E-state index in [0.717, 1.165) is 10.0 Å². The van der Waals surface area contributed by atoms with Gasteiger partial charge in [-0.05, 0) is 24.3 Å². The first kappa shape index (κ1) is 13.0. The van der Waals surface area contributed by atoms with Crippen LogP contribution in [0.1, 0.15) is 16.8 Å². The number of benzene rings is 2. The van der Waals surface area contributed by atoms with Crippen LogP contribution in [-0.4, -0.2) is 0 Å². The number of hydrogen-bond donors (Lipinski definition) is 0. The van der Waals surface area contributed by atoms with Gasteiger partial charge in [-0.2, -0.15) is 0 Å². The van der Waals surface area contributed by atoms with Crippen LogP contribution in [0.3, 0.4) is 0 Å². The third-order valence-corrected chi connectivity index (χ3v) is 4.64. The molecule has 0 fully saturated rings. The summed E-state index contributed by atoms with van der Waals surface area (Å²) in [7, 11) is 0.395. The van der Waals surface area contributed by atoms with E-state index in [9.17, 15) is 0 Å². The molecule has 86 valence electrons. The second-order valence-corrected chi connectivity index (χ2v) is 6.05. The van der Waals surface area contributed by atoms with Gasteiger partial charge in [-0.15, -0.1) is 0 Å². The molecule has 2 aromatic rings. The molecule has 0 saturated heterocycles. The summed E-state index contributed by atoms with van der Waals surface area (Å²) in [4.78, 5) is 0. The van der Waals surface area contributed by atoms with Crippen LogP contribution in [-0.2, 0) is 11.8 Å². The van der Waals surface area contributed by atoms with Crippen LogP contribution < -0.4 is 0 Å². The van der Waals surface area contributed by atoms with Crippen LogP contribution in [0.15, 0.2) is 48.5 Å². The highest BCUT2D eigenvalue weighted by atomic mass is 35.5. The summed E-state index contributed by atoms with van der Waals surface area (Å²) in [6.07, 6.45) is 0. The fourth-order valence-corrected chi connectivity index (χ4v) is 3.36. The smallest absolute Gasteiger partial charge is 0.0843 e. The SMILES string of the molecule is S=[PH+]C(c1ccc(Cl)cc1)c1ccc(Cl)cc1. The van der Waals surface area contributed by atoms with Gasteiger partial charge in [0.2, 0.25) is 0 Å². The van der Waals surface area contributed by atoms with E-state index in [4.69, 9.17) is 35.0 Å². The molecule has 0 amide bonds. The van der Waals surface area contributed by atoms with Crippen molar-refractivity contribution in [3.8, 4) is 0 Å². The second kappa shape index (κ2) is 5.93. The molecule has 2 rings (SSSR count). The van der Waals surface area contributed by atoms with Gasteiger partial charge in [-0.1, -0.05) is 47.5 Å². The minimum absolute atomic E-state index is 0.250. The van der Waals surface area contributed by atoms with Crippen molar-refractivity contribution in [2.75, 3.05) is 0 Å². The maximum atomic E-state index is 5.89. The molecule has 0 nitrogen and oxygen atoms in total. The van der Waals surface area contributed by atoms with Crippen molar-refractivity contribution in [3.63, 3.8) is 0 Å². The lowest BCUT2D eigenvalue weighted by Crippen LogP contribution is -1.92. The molecule has 0 spiro atoms. The van der Waals surface area contributed by atoms with Crippen molar-refractivity contribution >= 4 is 42.4 Å². The fraction of sp³-hybridized carbons (Fsp3) is 0.0769. The molecule has 0 aliphatic carbocycles. The van der Waals surface area contributed by atoms with Crippen LogP contribution in [0, 0.1) is 0 Å². The molecule has 0 aliphatic rings. The monoisotopic (exact) mass is 299 g/mol. The molecule has 1 unspecified atom stereocenters. The molecule has 0 bridgehead atoms. The highest BCUT2D eigenvalue weighted by molar-refractivity contribution is 7.96. The van der Waals surface area contributed by atoms with Crippen LogP contribution in [0.25, 0.3) is 0 Å². The molecule has 4 heteroatoms. The molecule has 0 N–H and O–H groups in total. The van der Waals surface area contributed by atoms with Gasteiger partial charge in [0, 0.05) is 21.2 Å². The van der Waals surface area contributed by atoms with Gasteiger partial charge in [0.25, 0.3) is 0 Å². The van der Waals surface area contributed by atoms with E-state index in [2.05, 4.69) is 0 Å². The minimum Gasteiger partial charge on any atom is -0.0843 e. The van der Waals surface area contributed by atoms with Crippen molar-refractivity contribution in [1.82, 2.24) is 0 Å². The zero-order valence-electron chi connectivity index (χ0n) is 8.86. The molecule has 17 heavy (non-hydrogen) atoms. The van der Waals surface area contributed by atoms with Crippen molar-refractivity contribution in [3.05, 3.63) is 69.7 Å². The third-order valence-electron chi connectivity index (χ3n) is 2.52. The molecule has 0 aliphatic heterocycles. The van der Waals surface area contributed by atoms with E-state index in [-0.39, 0.29) is 5.66 Å². The van der Waals surface area contributed by atoms with Crippen LogP contribution in [0.2, 0.25) is 10.0 Å². The zero-order chi connectivity index (χ0) is 12.3. The van der Waals surface area contributed by atoms with E-state index in [0.29, 0.717) is 7.36 Å². The molecular weight excluding hydrogens is 290 g/mol. The molecule has 0 radical (unpaired) electrons. The highest BCUT2D eigenvalue weighted by Gasteiger charge is 2.18. The third kappa shape index (κ3) is 3.26. The average Bonchev–Trinajstić information content (AvgIpc) is 2.35. The second-order valence-electron chi connectivity index (χ2n) is 3.65. The Morgan fingerprint density at radius 3 is 1.41 bits per heavy atom. The molecule has 0 aromatic heterocycles. The Balaban J connectivity index is 2.36. The van der Waals surface area contributed by atoms with E-state index >= 15 is 0 Å². The molecule has 0 heterocycles. The van der Waals surface area contributed by atoms with Gasteiger partial charge >= 0.3 is 0 Å². The first-order valence-electron chi connectivity index (χ1n) is 5.09. The first-order chi connectivity index (χ1) is 8.20. The lowest BCUT2D eigenvalue weighted by Gasteiger charge is -2.06. The lowest BCUT2D eigenvalue weighted by molar-refractivity contribution is 1.16. The predicted molar refractivity (Wildman–Crippen MR) is 80.4 cm³/mol. The highest BCUT2D eigenvalue weighted by Crippen LogP contribution is 2.35. The van der Waals surface area contributed by atoms with E-state index in [1.54, 1.807) is 0 Å². The van der Waals surface area contributed by atoms with Gasteiger partial charge in [0.05, 0.1) is 0 Å². The Morgan fingerprint density at radius 1 is 0.765 bits per heavy atom. The number of rotatable bonds is 3. The minimum atomic E-state index is 0.250. The normalized spacial score (nSPS) is 11.0. The lowest BCUT2D eigenvalue weighted by atomic mass is 10.0. The van der Waals surface area contributed by atoms with Crippen LogP contribution in [0.4, 0.5) is 0 Å². The largest absolute Gasteiger partial charge is 0.176 e. The molecular formula is C13H10Cl2PS+. The van der Waals surface area contributed by atoms with Gasteiger partial charge in [0.1, 0.15) is 0 Å². The van der Waals surface area contributed by atoms with Crippen LogP contribution in [0.5, 0.6) is 0 Å². The maximum Gasteiger partial charge on any atom is 0.176 e. The van der Waals surface area contributed by atoms with Crippen molar-refractivity contribution in [2.45, 2.75) is 5.66 Å². The van der Waals surface area contributed by atoms with Gasteiger partial charge in [-0.3, -0.25) is 0 Å². The van der Waals surface area contributed by atoms with Gasteiger partial charge < -0.3 is 0 Å². The number of hydrogen-bond acceptors (Lipinski definition) is 1. The standard InChI is InChI=1S/C13H9Cl2PS/c14-11-5-1-9(2-6-11)13(16-17)10-3-7-12(15)8-4-10/h1-8,13H/p+1. The van der Waals surface area contributed by atoms with Gasteiger partial charge in [-0.25, -0.2) is 0 Å². The fourth-order valence-electron chi connectivity index (χ4n) is 1.64. The topological polar surface area (TPSA) is 0 Å². The van der Waals surface area contributed by atoms with Crippen molar-refractivity contribution in [1.29, 1.82) is 0 Å². The van der Waals surface area contributed by atoms with Crippen LogP contribution >= 0.6 is 30.6 Å². The molecule has 1 atom stereocenters. The Hall–Kier alpha value is -0.460. The van der Waals surface area contributed by atoms with Gasteiger partial charge in [0.15, 0.2) is 24.8 Å². The Bertz CT molecular complexity index is 462. The summed E-state index contributed by atoms with van der Waals surface area (Å²) >= 11 is 17.0. The Labute approximate surface area is 117 Å². The summed E-state index contributed by atoms with van der Waals surface area (Å²) in [6, 6.07) is 15.7. The first-order valence-corrected chi connectivity index (χ1v) is 8.06. The molecule has 0 saturated carbocycles. The average molecular weight is 300 g/mol. The quantitative estimate of drug-likeness (QED) is 0.700. The Morgan fingerprint density at radius 2 is 1.12 bits per heavy atom. The molecule has 2 aromatic carbocycles. The van der Waals surface area contributed by atoms with E-state index in [1.807, 2.05) is 48.5 Å². The summed E-state index contributed by atoms with van der Waals surface area (Å²) in [5.74, 6) is 0.